The molecule has 0 unspecified atom stereocenters. The molecular formula is C17H22N6O. The number of carbonyl (C=O) groups is 1. The Kier molecular flexibility index (Phi) is 4.88. The van der Waals surface area contributed by atoms with Gasteiger partial charge in [0.25, 0.3) is 0 Å². The van der Waals surface area contributed by atoms with Gasteiger partial charge in [0.05, 0.1) is 23.8 Å². The van der Waals surface area contributed by atoms with Gasteiger partial charge in [-0.15, -0.1) is 5.10 Å². The average molecular weight is 326 g/mol. The van der Waals surface area contributed by atoms with E-state index in [1.807, 2.05) is 35.8 Å². The van der Waals surface area contributed by atoms with Gasteiger partial charge in [-0.1, -0.05) is 24.3 Å². The number of benzene rings is 1. The maximum absolute atomic E-state index is 12.6. The van der Waals surface area contributed by atoms with Gasteiger partial charge in [0.2, 0.25) is 5.91 Å². The van der Waals surface area contributed by atoms with Crippen molar-refractivity contribution in [2.45, 2.75) is 39.3 Å². The number of aryl methyl sites for hydroxylation is 1. The van der Waals surface area contributed by atoms with E-state index in [0.29, 0.717) is 13.1 Å². The predicted octanol–water partition coefficient (Wildman–Crippen LogP) is 1.96. The van der Waals surface area contributed by atoms with Crippen molar-refractivity contribution in [3.05, 3.63) is 42.5 Å². The molecule has 7 heteroatoms. The van der Waals surface area contributed by atoms with E-state index in [4.69, 9.17) is 0 Å². The van der Waals surface area contributed by atoms with E-state index in [9.17, 15) is 4.79 Å². The lowest BCUT2D eigenvalue weighted by molar-refractivity contribution is -0.123. The zero-order chi connectivity index (χ0) is 16.9. The van der Waals surface area contributed by atoms with Crippen LogP contribution in [0, 0.1) is 0 Å². The number of nitrogens with zero attached hydrogens (tertiary/aromatic N) is 5. The molecular weight excluding hydrogens is 304 g/mol. The van der Waals surface area contributed by atoms with Crippen molar-refractivity contribution >= 4 is 16.9 Å². The van der Waals surface area contributed by atoms with E-state index >= 15 is 0 Å². The topological polar surface area (TPSA) is 77.6 Å². The maximum Gasteiger partial charge on any atom is 0.242 e. The van der Waals surface area contributed by atoms with E-state index < -0.39 is 0 Å². The van der Waals surface area contributed by atoms with Gasteiger partial charge < -0.3 is 9.88 Å². The molecule has 7 nitrogen and oxygen atoms in total. The first-order valence-electron chi connectivity index (χ1n) is 8.28. The number of amides is 1. The molecule has 0 spiro atoms. The van der Waals surface area contributed by atoms with Gasteiger partial charge in [-0.2, -0.15) is 0 Å². The molecule has 0 aliphatic carbocycles. The third-order valence-corrected chi connectivity index (χ3v) is 4.02. The molecule has 126 valence electrons. The van der Waals surface area contributed by atoms with Gasteiger partial charge in [0.1, 0.15) is 11.9 Å². The number of nitrogens with one attached hydrogen (secondary N) is 1. The van der Waals surface area contributed by atoms with Crippen molar-refractivity contribution in [2.75, 3.05) is 6.54 Å². The number of hydrogen-bond acceptors (Lipinski definition) is 4. The summed E-state index contributed by atoms with van der Waals surface area (Å²) < 4.78 is 3.74. The van der Waals surface area contributed by atoms with Gasteiger partial charge in [-0.25, -0.2) is 4.98 Å². The van der Waals surface area contributed by atoms with E-state index in [0.717, 1.165) is 29.7 Å². The van der Waals surface area contributed by atoms with Crippen molar-refractivity contribution in [1.82, 2.24) is 29.9 Å². The first-order chi connectivity index (χ1) is 11.7. The molecule has 1 aromatic carbocycles. The highest BCUT2D eigenvalue weighted by atomic mass is 16.2. The first-order valence-corrected chi connectivity index (χ1v) is 8.28. The van der Waals surface area contributed by atoms with Crippen LogP contribution in [-0.4, -0.2) is 37.0 Å². The van der Waals surface area contributed by atoms with Crippen molar-refractivity contribution in [2.24, 2.45) is 0 Å². The molecule has 3 aromatic rings. The molecule has 2 aromatic heterocycles. The molecule has 0 aliphatic heterocycles. The monoisotopic (exact) mass is 326 g/mol. The summed E-state index contributed by atoms with van der Waals surface area (Å²) in [5.41, 5.74) is 1.93. The second kappa shape index (κ2) is 7.25. The molecule has 0 saturated carbocycles. The minimum absolute atomic E-state index is 0.0179. The first kappa shape index (κ1) is 16.2. The molecule has 0 aliphatic rings. The van der Waals surface area contributed by atoms with Crippen LogP contribution in [0.3, 0.4) is 0 Å². The Bertz CT molecular complexity index is 808. The number of hydrogen-bond donors (Lipinski definition) is 1. The summed E-state index contributed by atoms with van der Waals surface area (Å²) in [4.78, 5) is 17.3. The lowest BCUT2D eigenvalue weighted by Gasteiger charge is -2.17. The Morgan fingerprint density at radius 3 is 2.92 bits per heavy atom. The molecule has 1 N–H and O–H groups in total. The smallest absolute Gasteiger partial charge is 0.242 e. The number of aromatic nitrogens is 5. The quantitative estimate of drug-likeness (QED) is 0.720. The van der Waals surface area contributed by atoms with Crippen LogP contribution in [0.2, 0.25) is 0 Å². The summed E-state index contributed by atoms with van der Waals surface area (Å²) in [5.74, 6) is 0.938. The average Bonchev–Trinajstić information content (AvgIpc) is 3.21. The number of para-hydroxylation sites is 2. The van der Waals surface area contributed by atoms with Crippen LogP contribution in [0.25, 0.3) is 11.0 Å². The fraction of sp³-hybridized carbons (Fsp3) is 0.412. The second-order valence-electron chi connectivity index (χ2n) is 5.77. The second-order valence-corrected chi connectivity index (χ2v) is 5.77. The summed E-state index contributed by atoms with van der Waals surface area (Å²) in [7, 11) is 0. The third kappa shape index (κ3) is 3.29. The highest BCUT2D eigenvalue weighted by Gasteiger charge is 2.20. The Morgan fingerprint density at radius 2 is 2.17 bits per heavy atom. The summed E-state index contributed by atoms with van der Waals surface area (Å²) in [6.45, 7) is 5.15. The molecule has 1 amide bonds. The summed E-state index contributed by atoms with van der Waals surface area (Å²) in [5, 5.41) is 10.6. The van der Waals surface area contributed by atoms with E-state index in [1.165, 1.54) is 0 Å². The molecule has 1 atom stereocenters. The van der Waals surface area contributed by atoms with E-state index in [-0.39, 0.29) is 11.9 Å². The van der Waals surface area contributed by atoms with Crippen molar-refractivity contribution < 1.29 is 4.79 Å². The molecule has 2 heterocycles. The van der Waals surface area contributed by atoms with Crippen molar-refractivity contribution in [1.29, 1.82) is 0 Å². The van der Waals surface area contributed by atoms with Gasteiger partial charge >= 0.3 is 0 Å². The van der Waals surface area contributed by atoms with Crippen LogP contribution in [-0.2, 0) is 17.8 Å². The number of rotatable bonds is 7. The molecule has 3 rings (SSSR count). The van der Waals surface area contributed by atoms with Crippen LogP contribution in [0.15, 0.2) is 36.7 Å². The lowest BCUT2D eigenvalue weighted by atomic mass is 10.2. The van der Waals surface area contributed by atoms with Crippen LogP contribution >= 0.6 is 0 Å². The highest BCUT2D eigenvalue weighted by molar-refractivity contribution is 5.84. The molecule has 24 heavy (non-hydrogen) atoms. The third-order valence-electron chi connectivity index (χ3n) is 4.02. The van der Waals surface area contributed by atoms with E-state index in [1.54, 1.807) is 17.1 Å². The van der Waals surface area contributed by atoms with Gasteiger partial charge in [0.15, 0.2) is 0 Å². The maximum atomic E-state index is 12.6. The fourth-order valence-electron chi connectivity index (χ4n) is 2.84. The van der Waals surface area contributed by atoms with Gasteiger partial charge in [0, 0.05) is 19.2 Å². The standard InChI is InChI=1S/C17H22N6O/c1-3-6-16-20-14-7-4-5-8-15(14)23(16)13(2)17(24)18-9-11-22-12-10-19-21-22/h4-5,7-8,10,12-13H,3,6,9,11H2,1-2H3,(H,18,24)/t13-/m0/s1. The van der Waals surface area contributed by atoms with Gasteiger partial charge in [-0.3, -0.25) is 9.48 Å². The van der Waals surface area contributed by atoms with Crippen LogP contribution in [0.5, 0.6) is 0 Å². The SMILES string of the molecule is CCCc1nc2ccccc2n1[C@@H](C)C(=O)NCCn1ccnn1. The van der Waals surface area contributed by atoms with Crippen LogP contribution in [0.1, 0.15) is 32.1 Å². The summed E-state index contributed by atoms with van der Waals surface area (Å²) in [6, 6.07) is 7.64. The van der Waals surface area contributed by atoms with Crippen LogP contribution < -0.4 is 5.32 Å². The minimum Gasteiger partial charge on any atom is -0.352 e. The summed E-state index contributed by atoms with van der Waals surface area (Å²) in [6.07, 6.45) is 5.24. The number of fused-ring (bicyclic) bond motifs is 1. The molecule has 0 radical (unpaired) electrons. The Balaban J connectivity index is 1.75. The molecule has 0 saturated heterocycles. The summed E-state index contributed by atoms with van der Waals surface area (Å²) >= 11 is 0. The lowest BCUT2D eigenvalue weighted by Crippen LogP contribution is -2.34. The van der Waals surface area contributed by atoms with Crippen molar-refractivity contribution in [3.63, 3.8) is 0 Å². The molecule has 0 fully saturated rings. The van der Waals surface area contributed by atoms with Gasteiger partial charge in [-0.05, 0) is 25.5 Å². The normalized spacial score (nSPS) is 12.4. The predicted molar refractivity (Wildman–Crippen MR) is 91.5 cm³/mol. The number of carbonyl (C=O) groups excluding carboxylic acids is 1. The minimum atomic E-state index is -0.310. The highest BCUT2D eigenvalue weighted by Crippen LogP contribution is 2.22. The molecule has 0 bridgehead atoms. The zero-order valence-electron chi connectivity index (χ0n) is 14.0. The Morgan fingerprint density at radius 1 is 1.33 bits per heavy atom. The Labute approximate surface area is 140 Å². The van der Waals surface area contributed by atoms with Crippen LogP contribution in [0.4, 0.5) is 0 Å². The van der Waals surface area contributed by atoms with Crippen molar-refractivity contribution in [3.8, 4) is 0 Å². The Hall–Kier alpha value is -2.70. The fourth-order valence-corrected chi connectivity index (χ4v) is 2.84. The van der Waals surface area contributed by atoms with E-state index in [2.05, 4.69) is 27.5 Å². The number of imidazole rings is 1. The largest absolute Gasteiger partial charge is 0.352 e. The zero-order valence-corrected chi connectivity index (χ0v) is 14.0.